The van der Waals surface area contributed by atoms with Crippen LogP contribution in [0.1, 0.15) is 25.0 Å². The number of thiazole rings is 1. The van der Waals surface area contributed by atoms with Crippen LogP contribution in [-0.4, -0.2) is 32.5 Å². The molecule has 2 aromatic heterocycles. The van der Waals surface area contributed by atoms with Gasteiger partial charge in [-0.2, -0.15) is 0 Å². The third-order valence-electron chi connectivity index (χ3n) is 3.38. The molecule has 0 aliphatic heterocycles. The number of rotatable bonds is 4. The summed E-state index contributed by atoms with van der Waals surface area (Å²) in [5.41, 5.74) is 0.101. The first kappa shape index (κ1) is 11.7. The zero-order chi connectivity index (χ0) is 12.6. The maximum absolute atomic E-state index is 11.7. The van der Waals surface area contributed by atoms with Gasteiger partial charge in [-0.25, -0.2) is 4.98 Å². The van der Waals surface area contributed by atoms with Crippen molar-refractivity contribution in [3.05, 3.63) is 23.5 Å². The van der Waals surface area contributed by atoms with Gasteiger partial charge in [0.05, 0.1) is 17.7 Å². The van der Waals surface area contributed by atoms with Crippen LogP contribution >= 0.6 is 11.3 Å². The molecular formula is C12H15N3O2S. The summed E-state index contributed by atoms with van der Waals surface area (Å²) < 4.78 is 1.91. The van der Waals surface area contributed by atoms with Crippen molar-refractivity contribution in [3.63, 3.8) is 0 Å². The van der Waals surface area contributed by atoms with Crippen LogP contribution in [0.3, 0.4) is 0 Å². The first-order valence-corrected chi connectivity index (χ1v) is 6.93. The zero-order valence-corrected chi connectivity index (χ0v) is 10.7. The minimum absolute atomic E-state index is 0.0823. The molecule has 6 heteroatoms. The predicted octanol–water partition coefficient (Wildman–Crippen LogP) is 0.970. The van der Waals surface area contributed by atoms with E-state index in [4.69, 9.17) is 0 Å². The molecule has 0 spiro atoms. The lowest BCUT2D eigenvalue weighted by atomic mass is 9.80. The van der Waals surface area contributed by atoms with Crippen molar-refractivity contribution in [1.82, 2.24) is 14.7 Å². The minimum Gasteiger partial charge on any atom is -0.388 e. The molecule has 0 radical (unpaired) electrons. The molecule has 0 atom stereocenters. The lowest BCUT2D eigenvalue weighted by Crippen LogP contribution is -2.48. The molecule has 0 saturated heterocycles. The number of hydrogen-bond acceptors (Lipinski definition) is 4. The summed E-state index contributed by atoms with van der Waals surface area (Å²) in [6.45, 7) is 0.355. The molecule has 2 N–H and O–H groups in total. The Labute approximate surface area is 108 Å². The van der Waals surface area contributed by atoms with E-state index in [9.17, 15) is 9.90 Å². The number of carbonyl (C=O) groups excluding carboxylic acids is 1. The highest BCUT2D eigenvalue weighted by Gasteiger charge is 2.34. The molecule has 0 aromatic carbocycles. The summed E-state index contributed by atoms with van der Waals surface area (Å²) in [6, 6.07) is 0. The van der Waals surface area contributed by atoms with Crippen molar-refractivity contribution < 1.29 is 9.90 Å². The van der Waals surface area contributed by atoms with E-state index in [-0.39, 0.29) is 12.3 Å². The van der Waals surface area contributed by atoms with Crippen molar-refractivity contribution in [3.8, 4) is 0 Å². The van der Waals surface area contributed by atoms with E-state index in [1.165, 1.54) is 0 Å². The second-order valence-corrected chi connectivity index (χ2v) is 5.73. The van der Waals surface area contributed by atoms with E-state index in [0.717, 1.165) is 29.9 Å². The van der Waals surface area contributed by atoms with Crippen LogP contribution in [0.5, 0.6) is 0 Å². The number of imidazole rings is 1. The average Bonchev–Trinajstić information content (AvgIpc) is 2.84. The van der Waals surface area contributed by atoms with Gasteiger partial charge in [0.2, 0.25) is 5.91 Å². The van der Waals surface area contributed by atoms with E-state index >= 15 is 0 Å². The van der Waals surface area contributed by atoms with Crippen molar-refractivity contribution in [2.45, 2.75) is 31.3 Å². The number of amides is 1. The summed E-state index contributed by atoms with van der Waals surface area (Å²) in [7, 11) is 0. The molecule has 3 rings (SSSR count). The first-order chi connectivity index (χ1) is 8.65. The quantitative estimate of drug-likeness (QED) is 0.865. The molecule has 0 bridgehead atoms. The standard InChI is InChI=1S/C12H15N3O2S/c16-10(13-8-12(17)2-1-3-12)6-9-7-15-4-5-18-11(15)14-9/h4-5,7,17H,1-3,6,8H2,(H,13,16). The molecule has 2 aromatic rings. The normalized spacial score (nSPS) is 17.6. The topological polar surface area (TPSA) is 66.6 Å². The van der Waals surface area contributed by atoms with Crippen molar-refractivity contribution in [1.29, 1.82) is 0 Å². The number of nitrogens with one attached hydrogen (secondary N) is 1. The molecule has 96 valence electrons. The third-order valence-corrected chi connectivity index (χ3v) is 4.15. The van der Waals surface area contributed by atoms with Crippen LogP contribution in [0.25, 0.3) is 4.96 Å². The molecule has 18 heavy (non-hydrogen) atoms. The lowest BCUT2D eigenvalue weighted by Gasteiger charge is -2.36. The third kappa shape index (κ3) is 2.26. The number of carbonyl (C=O) groups is 1. The smallest absolute Gasteiger partial charge is 0.226 e. The molecule has 5 nitrogen and oxygen atoms in total. The SMILES string of the molecule is O=C(Cc1cn2ccsc2n1)NCC1(O)CCC1. The Balaban J connectivity index is 1.55. The Morgan fingerprint density at radius 1 is 1.61 bits per heavy atom. The van der Waals surface area contributed by atoms with Crippen molar-refractivity contribution in [2.75, 3.05) is 6.54 Å². The van der Waals surface area contributed by atoms with Crippen molar-refractivity contribution in [2.24, 2.45) is 0 Å². The Hall–Kier alpha value is -1.40. The summed E-state index contributed by atoms with van der Waals surface area (Å²) in [5.74, 6) is -0.0823. The molecule has 0 unspecified atom stereocenters. The van der Waals surface area contributed by atoms with E-state index in [2.05, 4.69) is 10.3 Å². The fourth-order valence-electron chi connectivity index (χ4n) is 2.11. The van der Waals surface area contributed by atoms with Crippen LogP contribution < -0.4 is 5.32 Å². The van der Waals surface area contributed by atoms with Gasteiger partial charge in [-0.3, -0.25) is 9.20 Å². The number of nitrogens with zero attached hydrogens (tertiary/aromatic N) is 2. The highest BCUT2D eigenvalue weighted by atomic mass is 32.1. The second kappa shape index (κ2) is 4.37. The number of hydrogen-bond donors (Lipinski definition) is 2. The van der Waals surface area contributed by atoms with Crippen LogP contribution in [0.2, 0.25) is 0 Å². The van der Waals surface area contributed by atoms with Gasteiger partial charge >= 0.3 is 0 Å². The number of fused-ring (bicyclic) bond motifs is 1. The van der Waals surface area contributed by atoms with E-state index in [1.807, 2.05) is 22.2 Å². The van der Waals surface area contributed by atoms with Gasteiger partial charge in [0, 0.05) is 24.3 Å². The van der Waals surface area contributed by atoms with Gasteiger partial charge in [0.1, 0.15) is 0 Å². The molecule has 2 heterocycles. The van der Waals surface area contributed by atoms with Gasteiger partial charge < -0.3 is 10.4 Å². The summed E-state index contributed by atoms with van der Waals surface area (Å²) in [6.07, 6.45) is 6.67. The molecule has 1 aliphatic rings. The summed E-state index contributed by atoms with van der Waals surface area (Å²) in [4.78, 5) is 17.0. The molecular weight excluding hydrogens is 250 g/mol. The highest BCUT2D eigenvalue weighted by Crippen LogP contribution is 2.30. The molecule has 1 aliphatic carbocycles. The average molecular weight is 265 g/mol. The Morgan fingerprint density at radius 3 is 3.11 bits per heavy atom. The Kier molecular flexibility index (Phi) is 2.83. The van der Waals surface area contributed by atoms with Crippen LogP contribution in [-0.2, 0) is 11.2 Å². The van der Waals surface area contributed by atoms with E-state index in [0.29, 0.717) is 6.54 Å². The molecule has 1 saturated carbocycles. The predicted molar refractivity (Wildman–Crippen MR) is 68.6 cm³/mol. The Bertz CT molecular complexity index is 542. The van der Waals surface area contributed by atoms with Crippen LogP contribution in [0.15, 0.2) is 17.8 Å². The first-order valence-electron chi connectivity index (χ1n) is 6.05. The van der Waals surface area contributed by atoms with Crippen LogP contribution in [0.4, 0.5) is 0 Å². The fourth-order valence-corrected chi connectivity index (χ4v) is 2.83. The monoisotopic (exact) mass is 265 g/mol. The highest BCUT2D eigenvalue weighted by molar-refractivity contribution is 7.15. The van der Waals surface area contributed by atoms with Gasteiger partial charge in [0.15, 0.2) is 4.96 Å². The zero-order valence-electron chi connectivity index (χ0n) is 9.93. The van der Waals surface area contributed by atoms with E-state index < -0.39 is 5.60 Å². The van der Waals surface area contributed by atoms with Gasteiger partial charge in [-0.15, -0.1) is 11.3 Å². The number of aliphatic hydroxyl groups is 1. The van der Waals surface area contributed by atoms with Crippen LogP contribution in [0, 0.1) is 0 Å². The molecule has 1 fully saturated rings. The fraction of sp³-hybridized carbons (Fsp3) is 0.500. The lowest BCUT2D eigenvalue weighted by molar-refractivity contribution is -0.122. The minimum atomic E-state index is -0.662. The van der Waals surface area contributed by atoms with Gasteiger partial charge in [-0.05, 0) is 19.3 Å². The van der Waals surface area contributed by atoms with Gasteiger partial charge in [-0.1, -0.05) is 0 Å². The van der Waals surface area contributed by atoms with E-state index in [1.54, 1.807) is 11.3 Å². The maximum atomic E-state index is 11.7. The van der Waals surface area contributed by atoms with Crippen molar-refractivity contribution >= 4 is 22.2 Å². The summed E-state index contributed by atoms with van der Waals surface area (Å²) in [5, 5.41) is 14.6. The second-order valence-electron chi connectivity index (χ2n) is 4.86. The Morgan fingerprint density at radius 2 is 2.44 bits per heavy atom. The molecule has 1 amide bonds. The van der Waals surface area contributed by atoms with Gasteiger partial charge in [0.25, 0.3) is 0 Å². The summed E-state index contributed by atoms with van der Waals surface area (Å²) >= 11 is 1.55. The number of aromatic nitrogens is 2. The maximum Gasteiger partial charge on any atom is 0.226 e. The largest absolute Gasteiger partial charge is 0.388 e.